The van der Waals surface area contributed by atoms with Crippen molar-refractivity contribution in [2.24, 2.45) is 0 Å². The van der Waals surface area contributed by atoms with Gasteiger partial charge in [-0.25, -0.2) is 4.98 Å². The quantitative estimate of drug-likeness (QED) is 0.838. The maximum atomic E-state index is 5.35. The van der Waals surface area contributed by atoms with Crippen LogP contribution in [0.3, 0.4) is 0 Å². The van der Waals surface area contributed by atoms with Gasteiger partial charge in [-0.2, -0.15) is 0 Å². The van der Waals surface area contributed by atoms with Crippen LogP contribution >= 0.6 is 22.7 Å². The maximum absolute atomic E-state index is 5.35. The Morgan fingerprint density at radius 1 is 1.25 bits per heavy atom. The van der Waals surface area contributed by atoms with Crippen LogP contribution in [0, 0.1) is 0 Å². The molecule has 0 saturated carbocycles. The van der Waals surface area contributed by atoms with Crippen molar-refractivity contribution < 1.29 is 4.74 Å². The maximum Gasteiger partial charge on any atom is 0.294 e. The van der Waals surface area contributed by atoms with Crippen LogP contribution in [0.4, 0.5) is 5.13 Å². The number of hydrogen-bond acceptors (Lipinski definition) is 8. The normalized spacial score (nSPS) is 16.6. The molecule has 1 saturated heterocycles. The van der Waals surface area contributed by atoms with Gasteiger partial charge in [0.1, 0.15) is 5.01 Å². The van der Waals surface area contributed by atoms with Crippen molar-refractivity contribution in [1.82, 2.24) is 20.1 Å². The Morgan fingerprint density at radius 2 is 2.10 bits per heavy atom. The van der Waals surface area contributed by atoms with Gasteiger partial charge in [0.25, 0.3) is 5.19 Å². The van der Waals surface area contributed by atoms with E-state index in [-0.39, 0.29) is 0 Å². The molecule has 0 aliphatic carbocycles. The minimum absolute atomic E-state index is 0.640. The summed E-state index contributed by atoms with van der Waals surface area (Å²) in [4.78, 5) is 9.11. The molecule has 1 fully saturated rings. The fraction of sp³-hybridized carbons (Fsp3) is 0.583. The van der Waals surface area contributed by atoms with Crippen molar-refractivity contribution in [2.45, 2.75) is 13.5 Å². The van der Waals surface area contributed by atoms with Gasteiger partial charge in [0.15, 0.2) is 5.13 Å². The molecule has 0 aromatic carbocycles. The second kappa shape index (κ2) is 6.47. The highest BCUT2D eigenvalue weighted by Gasteiger charge is 2.19. The van der Waals surface area contributed by atoms with Crippen molar-refractivity contribution in [3.8, 4) is 5.19 Å². The summed E-state index contributed by atoms with van der Waals surface area (Å²) in [6.07, 6.45) is 1.86. The van der Waals surface area contributed by atoms with E-state index in [1.165, 1.54) is 11.3 Å². The first-order chi connectivity index (χ1) is 9.85. The van der Waals surface area contributed by atoms with E-state index in [9.17, 15) is 0 Å². The molecular formula is C12H17N5OS2. The Bertz CT molecular complexity index is 522. The molecule has 1 aliphatic rings. The molecule has 2 aromatic rings. The molecule has 3 heterocycles. The first-order valence-corrected chi connectivity index (χ1v) is 8.36. The van der Waals surface area contributed by atoms with Crippen molar-refractivity contribution in [2.75, 3.05) is 37.7 Å². The number of aromatic nitrogens is 3. The summed E-state index contributed by atoms with van der Waals surface area (Å²) < 4.78 is 5.35. The summed E-state index contributed by atoms with van der Waals surface area (Å²) in [5.74, 6) is 0. The molecule has 0 atom stereocenters. The average Bonchev–Trinajstić information content (AvgIpc) is 3.12. The molecule has 20 heavy (non-hydrogen) atoms. The van der Waals surface area contributed by atoms with E-state index in [2.05, 4.69) is 25.0 Å². The summed E-state index contributed by atoms with van der Waals surface area (Å²) in [5.41, 5.74) is 0. The third kappa shape index (κ3) is 3.25. The van der Waals surface area contributed by atoms with Crippen LogP contribution in [-0.2, 0) is 6.54 Å². The number of rotatable bonds is 5. The summed E-state index contributed by atoms with van der Waals surface area (Å²) in [6, 6.07) is 0. The van der Waals surface area contributed by atoms with Crippen LogP contribution in [0.15, 0.2) is 11.6 Å². The fourth-order valence-corrected chi connectivity index (χ4v) is 3.63. The molecular weight excluding hydrogens is 294 g/mol. The van der Waals surface area contributed by atoms with E-state index in [0.717, 1.165) is 42.9 Å². The van der Waals surface area contributed by atoms with E-state index in [1.807, 2.05) is 18.5 Å². The number of piperazine rings is 1. The van der Waals surface area contributed by atoms with Crippen LogP contribution < -0.4 is 9.64 Å². The number of hydrogen-bond donors (Lipinski definition) is 0. The average molecular weight is 311 g/mol. The summed E-state index contributed by atoms with van der Waals surface area (Å²) in [6.45, 7) is 7.55. The SMILES string of the molecule is CCOc1nnc(CN2CCN(c3nccs3)CC2)s1. The lowest BCUT2D eigenvalue weighted by Gasteiger charge is -2.33. The number of anilines is 1. The van der Waals surface area contributed by atoms with Gasteiger partial charge in [0.05, 0.1) is 13.2 Å². The van der Waals surface area contributed by atoms with Gasteiger partial charge in [0.2, 0.25) is 0 Å². The predicted molar refractivity (Wildman–Crippen MR) is 80.7 cm³/mol. The predicted octanol–water partition coefficient (Wildman–Crippen LogP) is 1.72. The minimum atomic E-state index is 0.640. The Labute approximate surface area is 126 Å². The third-order valence-corrected chi connectivity index (χ3v) is 4.79. The number of nitrogens with zero attached hydrogens (tertiary/aromatic N) is 5. The van der Waals surface area contributed by atoms with E-state index < -0.39 is 0 Å². The Hall–Kier alpha value is -1.25. The van der Waals surface area contributed by atoms with Crippen molar-refractivity contribution >= 4 is 27.8 Å². The summed E-state index contributed by atoms with van der Waals surface area (Å²) in [7, 11) is 0. The van der Waals surface area contributed by atoms with E-state index >= 15 is 0 Å². The van der Waals surface area contributed by atoms with Gasteiger partial charge >= 0.3 is 0 Å². The smallest absolute Gasteiger partial charge is 0.294 e. The Kier molecular flexibility index (Phi) is 4.44. The molecule has 1 aliphatic heterocycles. The van der Waals surface area contributed by atoms with Gasteiger partial charge in [-0.3, -0.25) is 4.90 Å². The third-order valence-electron chi connectivity index (χ3n) is 3.14. The highest BCUT2D eigenvalue weighted by Crippen LogP contribution is 2.22. The molecule has 0 amide bonds. The molecule has 0 N–H and O–H groups in total. The van der Waals surface area contributed by atoms with Gasteiger partial charge in [0, 0.05) is 37.8 Å². The molecule has 0 unspecified atom stereocenters. The first kappa shape index (κ1) is 13.7. The largest absolute Gasteiger partial charge is 0.469 e. The van der Waals surface area contributed by atoms with Gasteiger partial charge in [-0.15, -0.1) is 21.5 Å². The fourth-order valence-electron chi connectivity index (χ4n) is 2.14. The zero-order chi connectivity index (χ0) is 13.8. The zero-order valence-corrected chi connectivity index (χ0v) is 13.0. The van der Waals surface area contributed by atoms with Crippen molar-refractivity contribution in [3.63, 3.8) is 0 Å². The Balaban J connectivity index is 1.50. The number of thiazole rings is 1. The van der Waals surface area contributed by atoms with E-state index in [1.54, 1.807) is 11.3 Å². The van der Waals surface area contributed by atoms with Crippen molar-refractivity contribution in [3.05, 3.63) is 16.6 Å². The standard InChI is InChI=1S/C12H17N5OS2/c1-2-18-12-15-14-10(20-12)9-16-4-6-17(7-5-16)11-13-3-8-19-11/h3,8H,2,4-7,9H2,1H3. The van der Waals surface area contributed by atoms with Crippen LogP contribution in [-0.4, -0.2) is 52.9 Å². The summed E-state index contributed by atoms with van der Waals surface area (Å²) >= 11 is 3.24. The Morgan fingerprint density at radius 3 is 2.80 bits per heavy atom. The highest BCUT2D eigenvalue weighted by molar-refractivity contribution is 7.13. The lowest BCUT2D eigenvalue weighted by atomic mass is 10.3. The molecule has 0 spiro atoms. The van der Waals surface area contributed by atoms with Crippen LogP contribution in [0.2, 0.25) is 0 Å². The van der Waals surface area contributed by atoms with Gasteiger partial charge in [-0.1, -0.05) is 11.3 Å². The second-order valence-corrected chi connectivity index (χ2v) is 6.37. The van der Waals surface area contributed by atoms with Gasteiger partial charge in [-0.05, 0) is 6.92 Å². The monoisotopic (exact) mass is 311 g/mol. The summed E-state index contributed by atoms with van der Waals surface area (Å²) in [5, 5.41) is 13.0. The van der Waals surface area contributed by atoms with E-state index in [0.29, 0.717) is 11.8 Å². The highest BCUT2D eigenvalue weighted by atomic mass is 32.1. The topological polar surface area (TPSA) is 54.4 Å². The van der Waals surface area contributed by atoms with Crippen molar-refractivity contribution in [1.29, 1.82) is 0 Å². The zero-order valence-electron chi connectivity index (χ0n) is 11.4. The first-order valence-electron chi connectivity index (χ1n) is 6.67. The molecule has 2 aromatic heterocycles. The molecule has 0 radical (unpaired) electrons. The number of ether oxygens (including phenoxy) is 1. The van der Waals surface area contributed by atoms with Crippen LogP contribution in [0.25, 0.3) is 0 Å². The molecule has 0 bridgehead atoms. The van der Waals surface area contributed by atoms with Crippen LogP contribution in [0.1, 0.15) is 11.9 Å². The van der Waals surface area contributed by atoms with Gasteiger partial charge < -0.3 is 9.64 Å². The molecule has 108 valence electrons. The molecule has 3 rings (SSSR count). The van der Waals surface area contributed by atoms with Crippen LogP contribution in [0.5, 0.6) is 5.19 Å². The van der Waals surface area contributed by atoms with E-state index in [4.69, 9.17) is 4.74 Å². The second-order valence-electron chi connectivity index (χ2n) is 4.47. The molecule has 6 nitrogen and oxygen atoms in total. The molecule has 8 heteroatoms. The lowest BCUT2D eigenvalue weighted by Crippen LogP contribution is -2.45. The lowest BCUT2D eigenvalue weighted by molar-refractivity contribution is 0.249. The minimum Gasteiger partial charge on any atom is -0.469 e.